The van der Waals surface area contributed by atoms with E-state index in [0.29, 0.717) is 12.5 Å². The number of aromatic nitrogens is 2. The minimum absolute atomic E-state index is 0.659. The van der Waals surface area contributed by atoms with Gasteiger partial charge in [0.25, 0.3) is 5.88 Å². The van der Waals surface area contributed by atoms with Crippen molar-refractivity contribution < 1.29 is 4.74 Å². The number of nitrogens with zero attached hydrogens (tertiary/aromatic N) is 3. The molecule has 0 saturated carbocycles. The lowest BCUT2D eigenvalue weighted by Crippen LogP contribution is -2.24. The molecule has 15 heavy (non-hydrogen) atoms. The highest BCUT2D eigenvalue weighted by Gasteiger charge is 2.18. The third-order valence-corrected chi connectivity index (χ3v) is 3.13. The molecule has 0 unspecified atom stereocenters. The van der Waals surface area contributed by atoms with Crippen LogP contribution in [0.15, 0.2) is 0 Å². The van der Waals surface area contributed by atoms with E-state index in [1.807, 2.05) is 6.92 Å². The van der Waals surface area contributed by atoms with Crippen LogP contribution in [0.25, 0.3) is 0 Å². The molecule has 4 nitrogen and oxygen atoms in total. The van der Waals surface area contributed by atoms with Gasteiger partial charge in [-0.1, -0.05) is 12.8 Å². The Bertz CT molecular complexity index is 295. The summed E-state index contributed by atoms with van der Waals surface area (Å²) in [6.45, 7) is 4.81. The maximum absolute atomic E-state index is 5.47. The van der Waals surface area contributed by atoms with Crippen LogP contribution in [0.2, 0.25) is 0 Å². The lowest BCUT2D eigenvalue weighted by atomic mass is 10.2. The summed E-state index contributed by atoms with van der Waals surface area (Å²) in [5, 5.41) is 0. The van der Waals surface area contributed by atoms with Gasteiger partial charge < -0.3 is 9.64 Å². The third kappa shape index (κ3) is 2.59. The van der Waals surface area contributed by atoms with E-state index in [4.69, 9.17) is 4.74 Å². The van der Waals surface area contributed by atoms with Crippen LogP contribution >= 0.6 is 11.7 Å². The van der Waals surface area contributed by atoms with E-state index in [1.54, 1.807) is 0 Å². The van der Waals surface area contributed by atoms with Crippen molar-refractivity contribution >= 4 is 17.5 Å². The van der Waals surface area contributed by atoms with Crippen LogP contribution in [0.5, 0.6) is 5.88 Å². The molecule has 2 rings (SSSR count). The van der Waals surface area contributed by atoms with Gasteiger partial charge in [0.05, 0.1) is 18.3 Å². The van der Waals surface area contributed by atoms with E-state index in [2.05, 4.69) is 13.6 Å². The predicted octanol–water partition coefficient (Wildman–Crippen LogP) is 2.32. The maximum atomic E-state index is 5.47. The number of anilines is 1. The molecule has 1 aromatic heterocycles. The van der Waals surface area contributed by atoms with Crippen LogP contribution < -0.4 is 9.64 Å². The monoisotopic (exact) mass is 227 g/mol. The first-order chi connectivity index (χ1) is 7.42. The van der Waals surface area contributed by atoms with Gasteiger partial charge in [0.2, 0.25) is 5.82 Å². The largest absolute Gasteiger partial charge is 0.475 e. The second-order valence-electron chi connectivity index (χ2n) is 3.73. The third-order valence-electron chi connectivity index (χ3n) is 2.63. The zero-order valence-corrected chi connectivity index (χ0v) is 9.92. The Morgan fingerprint density at radius 1 is 1.20 bits per heavy atom. The van der Waals surface area contributed by atoms with Crippen molar-refractivity contribution in [3.8, 4) is 5.88 Å². The number of ether oxygens (including phenoxy) is 1. The van der Waals surface area contributed by atoms with Crippen molar-refractivity contribution in [2.24, 2.45) is 0 Å². The van der Waals surface area contributed by atoms with Gasteiger partial charge in [-0.15, -0.1) is 4.37 Å². The molecule has 2 heterocycles. The number of hydrogen-bond donors (Lipinski definition) is 0. The van der Waals surface area contributed by atoms with E-state index in [0.717, 1.165) is 18.9 Å². The summed E-state index contributed by atoms with van der Waals surface area (Å²) < 4.78 is 14.0. The second-order valence-corrected chi connectivity index (χ2v) is 4.26. The first kappa shape index (κ1) is 10.7. The van der Waals surface area contributed by atoms with Gasteiger partial charge in [-0.3, -0.25) is 0 Å². The fourth-order valence-corrected chi connectivity index (χ4v) is 2.40. The smallest absolute Gasteiger partial charge is 0.270 e. The molecule has 0 aliphatic carbocycles. The molecule has 0 bridgehead atoms. The van der Waals surface area contributed by atoms with Crippen LogP contribution in [0, 0.1) is 0 Å². The zero-order valence-electron chi connectivity index (χ0n) is 9.11. The summed E-state index contributed by atoms with van der Waals surface area (Å²) in [6.07, 6.45) is 5.17. The Morgan fingerprint density at radius 2 is 1.93 bits per heavy atom. The van der Waals surface area contributed by atoms with Gasteiger partial charge in [0.1, 0.15) is 0 Å². The van der Waals surface area contributed by atoms with Gasteiger partial charge in [-0.2, -0.15) is 4.37 Å². The normalized spacial score (nSPS) is 17.5. The molecule has 1 saturated heterocycles. The van der Waals surface area contributed by atoms with E-state index in [9.17, 15) is 0 Å². The Hall–Kier alpha value is -0.840. The zero-order chi connectivity index (χ0) is 10.5. The standard InChI is InChI=1S/C10H17N3OS/c1-2-14-10-9(11-15-12-10)13-7-5-3-4-6-8-13/h2-8H2,1H3. The minimum atomic E-state index is 0.659. The summed E-state index contributed by atoms with van der Waals surface area (Å²) in [5.41, 5.74) is 0. The molecule has 0 amide bonds. The second kappa shape index (κ2) is 5.30. The SMILES string of the molecule is CCOc1nsnc1N1CCCCCC1. The van der Waals surface area contributed by atoms with Gasteiger partial charge in [-0.05, 0) is 19.8 Å². The summed E-state index contributed by atoms with van der Waals surface area (Å²) in [4.78, 5) is 2.31. The molecular weight excluding hydrogens is 210 g/mol. The topological polar surface area (TPSA) is 38.3 Å². The first-order valence-corrected chi connectivity index (χ1v) is 6.35. The minimum Gasteiger partial charge on any atom is -0.475 e. The van der Waals surface area contributed by atoms with Gasteiger partial charge in [0.15, 0.2) is 0 Å². The van der Waals surface area contributed by atoms with Crippen LogP contribution in [0.1, 0.15) is 32.6 Å². The van der Waals surface area contributed by atoms with Crippen LogP contribution in [-0.2, 0) is 0 Å². The highest BCUT2D eigenvalue weighted by Crippen LogP contribution is 2.27. The van der Waals surface area contributed by atoms with Gasteiger partial charge >= 0.3 is 0 Å². The van der Waals surface area contributed by atoms with Gasteiger partial charge in [-0.25, -0.2) is 0 Å². The van der Waals surface area contributed by atoms with Crippen LogP contribution in [0.3, 0.4) is 0 Å². The Labute approximate surface area is 94.6 Å². The molecule has 1 fully saturated rings. The van der Waals surface area contributed by atoms with Crippen LogP contribution in [-0.4, -0.2) is 28.4 Å². The predicted molar refractivity (Wildman–Crippen MR) is 61.8 cm³/mol. The quantitative estimate of drug-likeness (QED) is 0.794. The maximum Gasteiger partial charge on any atom is 0.270 e. The molecule has 0 spiro atoms. The lowest BCUT2D eigenvalue weighted by molar-refractivity contribution is 0.330. The molecule has 0 atom stereocenters. The Kier molecular flexibility index (Phi) is 3.77. The van der Waals surface area contributed by atoms with Crippen molar-refractivity contribution in [3.05, 3.63) is 0 Å². The molecule has 0 N–H and O–H groups in total. The van der Waals surface area contributed by atoms with E-state index in [-0.39, 0.29) is 0 Å². The molecule has 1 aliphatic rings. The molecule has 5 heteroatoms. The lowest BCUT2D eigenvalue weighted by Gasteiger charge is -2.19. The Morgan fingerprint density at radius 3 is 2.60 bits per heavy atom. The fourth-order valence-electron chi connectivity index (χ4n) is 1.88. The van der Waals surface area contributed by atoms with Gasteiger partial charge in [0, 0.05) is 13.1 Å². The molecule has 0 aromatic carbocycles. The Balaban J connectivity index is 2.08. The highest BCUT2D eigenvalue weighted by atomic mass is 32.1. The molecule has 1 aromatic rings. The van der Waals surface area contributed by atoms with Crippen molar-refractivity contribution in [2.75, 3.05) is 24.6 Å². The summed E-state index contributed by atoms with van der Waals surface area (Å²) >= 11 is 1.24. The van der Waals surface area contributed by atoms with E-state index >= 15 is 0 Å². The first-order valence-electron chi connectivity index (χ1n) is 5.62. The fraction of sp³-hybridized carbons (Fsp3) is 0.800. The summed E-state index contributed by atoms with van der Waals surface area (Å²) in [5.74, 6) is 1.66. The number of hydrogen-bond acceptors (Lipinski definition) is 5. The van der Waals surface area contributed by atoms with Crippen molar-refractivity contribution in [3.63, 3.8) is 0 Å². The number of rotatable bonds is 3. The molecule has 84 valence electrons. The van der Waals surface area contributed by atoms with E-state index in [1.165, 1.54) is 37.4 Å². The average Bonchev–Trinajstić information content (AvgIpc) is 2.53. The van der Waals surface area contributed by atoms with Crippen molar-refractivity contribution in [1.29, 1.82) is 0 Å². The van der Waals surface area contributed by atoms with Crippen molar-refractivity contribution in [1.82, 2.24) is 8.75 Å². The van der Waals surface area contributed by atoms with Crippen molar-refractivity contribution in [2.45, 2.75) is 32.6 Å². The summed E-state index contributed by atoms with van der Waals surface area (Å²) in [6, 6.07) is 0. The average molecular weight is 227 g/mol. The van der Waals surface area contributed by atoms with Crippen LogP contribution in [0.4, 0.5) is 5.82 Å². The summed E-state index contributed by atoms with van der Waals surface area (Å²) in [7, 11) is 0. The highest BCUT2D eigenvalue weighted by molar-refractivity contribution is 6.99. The molecule has 0 radical (unpaired) electrons. The van der Waals surface area contributed by atoms with E-state index < -0.39 is 0 Å². The molecule has 1 aliphatic heterocycles. The molecular formula is C10H17N3OS.